The van der Waals surface area contributed by atoms with E-state index in [1.807, 2.05) is 24.1 Å². The van der Waals surface area contributed by atoms with E-state index in [4.69, 9.17) is 14.1 Å². The second kappa shape index (κ2) is 7.54. The Bertz CT molecular complexity index is 840. The zero-order valence-corrected chi connectivity index (χ0v) is 16.9. The maximum atomic E-state index is 12.8. The number of rotatable bonds is 3. The summed E-state index contributed by atoms with van der Waals surface area (Å²) in [5.41, 5.74) is 0.685. The first kappa shape index (κ1) is 18.9. The van der Waals surface area contributed by atoms with E-state index >= 15 is 0 Å². The Morgan fingerprint density at radius 1 is 1.25 bits per heavy atom. The molecule has 1 spiro atoms. The Morgan fingerprint density at radius 2 is 2.04 bits per heavy atom. The van der Waals surface area contributed by atoms with Gasteiger partial charge in [-0.1, -0.05) is 13.8 Å². The highest BCUT2D eigenvalue weighted by molar-refractivity contribution is 5.91. The van der Waals surface area contributed by atoms with Crippen molar-refractivity contribution in [2.45, 2.75) is 45.1 Å². The summed E-state index contributed by atoms with van der Waals surface area (Å²) in [5.74, 6) is 2.52. The number of furan rings is 1. The Kier molecular flexibility index (Phi) is 5.10. The van der Waals surface area contributed by atoms with E-state index in [1.54, 1.807) is 12.3 Å². The van der Waals surface area contributed by atoms with Crippen molar-refractivity contribution in [3.63, 3.8) is 0 Å². The molecule has 0 aromatic carbocycles. The van der Waals surface area contributed by atoms with Gasteiger partial charge in [-0.3, -0.25) is 4.79 Å². The maximum absolute atomic E-state index is 12.8. The van der Waals surface area contributed by atoms with Gasteiger partial charge in [0.15, 0.2) is 5.76 Å². The van der Waals surface area contributed by atoms with Crippen LogP contribution in [0.3, 0.4) is 0 Å². The molecule has 4 heterocycles. The summed E-state index contributed by atoms with van der Waals surface area (Å²) >= 11 is 0. The average molecular weight is 384 g/mol. The van der Waals surface area contributed by atoms with E-state index in [2.05, 4.69) is 23.7 Å². The molecule has 0 unspecified atom stereocenters. The van der Waals surface area contributed by atoms with Gasteiger partial charge in [0.05, 0.1) is 25.0 Å². The number of anilines is 1. The molecule has 28 heavy (non-hydrogen) atoms. The fraction of sp³-hybridized carbons (Fsp3) is 0.571. The third-order valence-corrected chi connectivity index (χ3v) is 5.65. The van der Waals surface area contributed by atoms with Gasteiger partial charge in [0, 0.05) is 31.7 Å². The Morgan fingerprint density at radius 3 is 2.71 bits per heavy atom. The molecule has 2 saturated heterocycles. The van der Waals surface area contributed by atoms with Crippen LogP contribution in [0.15, 0.2) is 29.0 Å². The van der Waals surface area contributed by atoms with Crippen molar-refractivity contribution in [3.8, 4) is 0 Å². The highest BCUT2D eigenvalue weighted by Crippen LogP contribution is 2.32. The predicted molar refractivity (Wildman–Crippen MR) is 106 cm³/mol. The molecule has 7 nitrogen and oxygen atoms in total. The van der Waals surface area contributed by atoms with Gasteiger partial charge < -0.3 is 19.0 Å². The molecule has 2 aliphatic heterocycles. The zero-order valence-electron chi connectivity index (χ0n) is 16.9. The number of amides is 1. The van der Waals surface area contributed by atoms with Crippen LogP contribution in [0.2, 0.25) is 0 Å². The van der Waals surface area contributed by atoms with Crippen LogP contribution >= 0.6 is 0 Å². The van der Waals surface area contributed by atoms with Gasteiger partial charge in [0.25, 0.3) is 5.91 Å². The van der Waals surface area contributed by atoms with Crippen molar-refractivity contribution in [2.24, 2.45) is 0 Å². The third kappa shape index (κ3) is 3.76. The van der Waals surface area contributed by atoms with Crippen molar-refractivity contribution < 1.29 is 13.9 Å². The monoisotopic (exact) mass is 384 g/mol. The number of hydrogen-bond acceptors (Lipinski definition) is 6. The average Bonchev–Trinajstić information content (AvgIpc) is 3.14. The number of morpholine rings is 1. The second-order valence-corrected chi connectivity index (χ2v) is 8.16. The molecule has 2 fully saturated rings. The molecule has 4 rings (SSSR count). The molecular formula is C21H28N4O3. The van der Waals surface area contributed by atoms with Gasteiger partial charge in [0.2, 0.25) is 0 Å². The number of aryl methyl sites for hydroxylation is 1. The smallest absolute Gasteiger partial charge is 0.289 e. The minimum absolute atomic E-state index is 0.0458. The lowest BCUT2D eigenvalue weighted by molar-refractivity contribution is -0.112. The summed E-state index contributed by atoms with van der Waals surface area (Å²) in [4.78, 5) is 26.0. The van der Waals surface area contributed by atoms with Gasteiger partial charge in [-0.25, -0.2) is 9.97 Å². The molecule has 7 heteroatoms. The fourth-order valence-corrected chi connectivity index (χ4v) is 3.98. The second-order valence-electron chi connectivity index (χ2n) is 8.16. The van der Waals surface area contributed by atoms with Gasteiger partial charge in [0.1, 0.15) is 11.6 Å². The highest BCUT2D eigenvalue weighted by atomic mass is 16.5. The molecule has 0 atom stereocenters. The maximum Gasteiger partial charge on any atom is 0.289 e. The lowest BCUT2D eigenvalue weighted by Crippen LogP contribution is -2.58. The third-order valence-electron chi connectivity index (χ3n) is 5.65. The lowest BCUT2D eigenvalue weighted by Gasteiger charge is -2.47. The number of nitrogens with zero attached hydrogens (tertiary/aromatic N) is 4. The first-order valence-electron chi connectivity index (χ1n) is 10.0. The van der Waals surface area contributed by atoms with Gasteiger partial charge in [-0.15, -0.1) is 0 Å². The van der Waals surface area contributed by atoms with Gasteiger partial charge >= 0.3 is 0 Å². The molecule has 2 aliphatic rings. The predicted octanol–water partition coefficient (Wildman–Crippen LogP) is 3.01. The van der Waals surface area contributed by atoms with Gasteiger partial charge in [-0.2, -0.15) is 0 Å². The first-order chi connectivity index (χ1) is 13.5. The standard InChI is InChI=1S/C21H28N4O3/c1-15(2)19-22-7-4-18(23-19)24-8-5-21(6-9-24)14-25(10-11-28-21)20(26)17-12-16(3)13-27-17/h4,7,12-13,15H,5-6,8-11,14H2,1-3H3. The molecule has 150 valence electrons. The molecule has 0 saturated carbocycles. The van der Waals surface area contributed by atoms with E-state index in [0.717, 1.165) is 43.1 Å². The topological polar surface area (TPSA) is 71.7 Å². The molecule has 0 N–H and O–H groups in total. The number of hydrogen-bond donors (Lipinski definition) is 0. The summed E-state index contributed by atoms with van der Waals surface area (Å²) in [5, 5.41) is 0. The molecule has 0 radical (unpaired) electrons. The highest BCUT2D eigenvalue weighted by Gasteiger charge is 2.41. The van der Waals surface area contributed by atoms with Crippen LogP contribution in [-0.2, 0) is 4.74 Å². The summed E-state index contributed by atoms with van der Waals surface area (Å²) in [6.07, 6.45) is 5.20. The lowest BCUT2D eigenvalue weighted by atomic mass is 9.89. The van der Waals surface area contributed by atoms with E-state index in [9.17, 15) is 4.79 Å². The van der Waals surface area contributed by atoms with Crippen molar-refractivity contribution in [3.05, 3.63) is 41.7 Å². The van der Waals surface area contributed by atoms with E-state index in [-0.39, 0.29) is 11.5 Å². The minimum atomic E-state index is -0.278. The Balaban J connectivity index is 1.42. The zero-order chi connectivity index (χ0) is 19.7. The molecule has 2 aromatic heterocycles. The summed E-state index contributed by atoms with van der Waals surface area (Å²) in [6, 6.07) is 3.77. The van der Waals surface area contributed by atoms with Crippen LogP contribution in [0.1, 0.15) is 54.5 Å². The fourth-order valence-electron chi connectivity index (χ4n) is 3.98. The molecular weight excluding hydrogens is 356 g/mol. The molecule has 0 bridgehead atoms. The number of carbonyl (C=O) groups excluding carboxylic acids is 1. The number of carbonyl (C=O) groups is 1. The number of aromatic nitrogens is 2. The normalized spacial score (nSPS) is 19.4. The molecule has 2 aromatic rings. The van der Waals surface area contributed by atoms with E-state index < -0.39 is 0 Å². The van der Waals surface area contributed by atoms with Crippen LogP contribution in [0.25, 0.3) is 0 Å². The first-order valence-corrected chi connectivity index (χ1v) is 10.0. The largest absolute Gasteiger partial charge is 0.459 e. The van der Waals surface area contributed by atoms with Crippen molar-refractivity contribution >= 4 is 11.7 Å². The van der Waals surface area contributed by atoms with Crippen LogP contribution in [0.5, 0.6) is 0 Å². The van der Waals surface area contributed by atoms with Crippen LogP contribution in [0.4, 0.5) is 5.82 Å². The summed E-state index contributed by atoms with van der Waals surface area (Å²) in [6.45, 7) is 9.63. The van der Waals surface area contributed by atoms with Crippen molar-refractivity contribution in [2.75, 3.05) is 37.7 Å². The van der Waals surface area contributed by atoms with Crippen molar-refractivity contribution in [1.29, 1.82) is 0 Å². The summed E-state index contributed by atoms with van der Waals surface area (Å²) < 4.78 is 11.6. The van der Waals surface area contributed by atoms with Crippen molar-refractivity contribution in [1.82, 2.24) is 14.9 Å². The van der Waals surface area contributed by atoms with Gasteiger partial charge in [-0.05, 0) is 37.5 Å². The molecule has 1 amide bonds. The van der Waals surface area contributed by atoms with Crippen LogP contribution in [-0.4, -0.2) is 59.2 Å². The Hall–Kier alpha value is -2.41. The minimum Gasteiger partial charge on any atom is -0.459 e. The van der Waals surface area contributed by atoms with E-state index in [1.165, 1.54) is 0 Å². The Labute approximate surface area is 165 Å². The number of ether oxygens (including phenoxy) is 1. The quantitative estimate of drug-likeness (QED) is 0.810. The van der Waals surface area contributed by atoms with Crippen LogP contribution in [0, 0.1) is 6.92 Å². The number of piperidine rings is 1. The molecule has 0 aliphatic carbocycles. The van der Waals surface area contributed by atoms with Crippen LogP contribution < -0.4 is 4.90 Å². The summed E-state index contributed by atoms with van der Waals surface area (Å²) in [7, 11) is 0. The van der Waals surface area contributed by atoms with E-state index in [0.29, 0.717) is 31.4 Å². The SMILES string of the molecule is Cc1coc(C(=O)N2CCOC3(CCN(c4ccnc(C(C)C)n4)CC3)C2)c1.